The van der Waals surface area contributed by atoms with Crippen LogP contribution in [0.5, 0.6) is 0 Å². The van der Waals surface area contributed by atoms with E-state index < -0.39 is 10.8 Å². The number of rotatable bonds is 5. The van der Waals surface area contributed by atoms with Gasteiger partial charge in [-0.3, -0.25) is 24.4 Å². The standard InChI is InChI=1S/C24H18N6O4S2/c1-14-20(22(32)29(27(14)2)16-6-4-3-5-7-16)19-13-36-24(26-19)28-21(31)18(25-23(28)35)12-15-8-10-17(11-9-15)30(33)34/h3-13H,1-2H3,(H,25,35)/b18-12+. The monoisotopic (exact) mass is 518 g/mol. The van der Waals surface area contributed by atoms with Crippen molar-refractivity contribution < 1.29 is 9.72 Å². The minimum Gasteiger partial charge on any atom is -0.327 e. The van der Waals surface area contributed by atoms with E-state index in [2.05, 4.69) is 10.3 Å². The van der Waals surface area contributed by atoms with Crippen LogP contribution in [0.3, 0.4) is 0 Å². The first kappa shape index (κ1) is 23.3. The van der Waals surface area contributed by atoms with Gasteiger partial charge in [0, 0.05) is 30.3 Å². The third kappa shape index (κ3) is 3.91. The molecule has 1 amide bonds. The number of hydrogen-bond acceptors (Lipinski definition) is 7. The molecule has 0 radical (unpaired) electrons. The Labute approximate surface area is 213 Å². The lowest BCUT2D eigenvalue weighted by molar-refractivity contribution is -0.384. The topological polar surface area (TPSA) is 115 Å². The van der Waals surface area contributed by atoms with Crippen LogP contribution in [0.2, 0.25) is 0 Å². The normalized spacial score (nSPS) is 14.5. The number of para-hydroxylation sites is 1. The van der Waals surface area contributed by atoms with Gasteiger partial charge in [0.15, 0.2) is 10.2 Å². The summed E-state index contributed by atoms with van der Waals surface area (Å²) in [6, 6.07) is 15.1. The number of amides is 1. The van der Waals surface area contributed by atoms with Gasteiger partial charge in [0.1, 0.15) is 5.70 Å². The number of aromatic nitrogens is 3. The molecule has 1 fully saturated rings. The summed E-state index contributed by atoms with van der Waals surface area (Å²) in [4.78, 5) is 42.7. The highest BCUT2D eigenvalue weighted by Gasteiger charge is 2.34. The maximum Gasteiger partial charge on any atom is 0.282 e. The van der Waals surface area contributed by atoms with E-state index in [-0.39, 0.29) is 22.1 Å². The molecule has 10 nitrogen and oxygen atoms in total. The molecule has 3 heterocycles. The predicted octanol–water partition coefficient (Wildman–Crippen LogP) is 3.78. The van der Waals surface area contributed by atoms with Crippen molar-refractivity contribution in [3.63, 3.8) is 0 Å². The van der Waals surface area contributed by atoms with Crippen LogP contribution in [0.25, 0.3) is 23.0 Å². The van der Waals surface area contributed by atoms with E-state index in [0.717, 1.165) is 11.4 Å². The molecule has 180 valence electrons. The van der Waals surface area contributed by atoms with E-state index in [1.54, 1.807) is 40.0 Å². The highest BCUT2D eigenvalue weighted by Crippen LogP contribution is 2.31. The Morgan fingerprint density at radius 2 is 1.81 bits per heavy atom. The average molecular weight is 519 g/mol. The molecule has 1 aliphatic rings. The van der Waals surface area contributed by atoms with Gasteiger partial charge in [-0.25, -0.2) is 14.6 Å². The molecule has 0 bridgehead atoms. The van der Waals surface area contributed by atoms with Gasteiger partial charge in [0.25, 0.3) is 17.2 Å². The van der Waals surface area contributed by atoms with Gasteiger partial charge in [-0.1, -0.05) is 18.2 Å². The van der Waals surface area contributed by atoms with E-state index in [4.69, 9.17) is 12.2 Å². The lowest BCUT2D eigenvalue weighted by Gasteiger charge is -2.08. The van der Waals surface area contributed by atoms with Crippen molar-refractivity contribution in [3.8, 4) is 16.9 Å². The predicted molar refractivity (Wildman–Crippen MR) is 141 cm³/mol. The number of nitro benzene ring substituents is 1. The minimum atomic E-state index is -0.490. The van der Waals surface area contributed by atoms with Crippen molar-refractivity contribution in [1.29, 1.82) is 0 Å². The SMILES string of the molecule is Cc1c(-c2csc(N3C(=O)/C(=C\c4ccc([N+](=O)[O-])cc4)NC3=S)n2)c(=O)n(-c2ccccc2)n1C. The summed E-state index contributed by atoms with van der Waals surface area (Å²) in [5, 5.41) is 15.9. The number of carbonyl (C=O) groups excluding carboxylic acids is 1. The highest BCUT2D eigenvalue weighted by atomic mass is 32.1. The lowest BCUT2D eigenvalue weighted by Crippen LogP contribution is -2.30. The van der Waals surface area contributed by atoms with Crippen molar-refractivity contribution in [2.75, 3.05) is 4.90 Å². The molecule has 0 unspecified atom stereocenters. The van der Waals surface area contributed by atoms with Gasteiger partial charge in [-0.15, -0.1) is 11.3 Å². The molecule has 2 aromatic heterocycles. The van der Waals surface area contributed by atoms with Crippen LogP contribution in [0.15, 0.2) is 70.5 Å². The summed E-state index contributed by atoms with van der Waals surface area (Å²) in [7, 11) is 1.80. The molecule has 1 N–H and O–H groups in total. The van der Waals surface area contributed by atoms with Crippen molar-refractivity contribution in [2.45, 2.75) is 6.92 Å². The molecule has 4 aromatic rings. The fraction of sp³-hybridized carbons (Fsp3) is 0.0833. The molecule has 36 heavy (non-hydrogen) atoms. The number of nitro groups is 1. The minimum absolute atomic E-state index is 0.0437. The van der Waals surface area contributed by atoms with Gasteiger partial charge in [0.05, 0.1) is 21.9 Å². The number of nitrogens with one attached hydrogen (secondary N) is 1. The van der Waals surface area contributed by atoms with E-state index in [1.807, 2.05) is 37.3 Å². The third-order valence-corrected chi connectivity index (χ3v) is 6.90. The summed E-state index contributed by atoms with van der Waals surface area (Å²) >= 11 is 6.57. The Hall–Kier alpha value is -4.42. The number of benzene rings is 2. The van der Waals surface area contributed by atoms with Gasteiger partial charge in [0.2, 0.25) is 0 Å². The van der Waals surface area contributed by atoms with Gasteiger partial charge in [-0.05, 0) is 55.0 Å². The summed E-state index contributed by atoms with van der Waals surface area (Å²) < 4.78 is 3.34. The summed E-state index contributed by atoms with van der Waals surface area (Å²) in [5.74, 6) is -0.411. The average Bonchev–Trinajstić information content (AvgIpc) is 3.49. The Bertz CT molecular complexity index is 1620. The number of anilines is 1. The van der Waals surface area contributed by atoms with Crippen LogP contribution >= 0.6 is 23.6 Å². The quantitative estimate of drug-likeness (QED) is 0.185. The molecule has 0 saturated carbocycles. The van der Waals surface area contributed by atoms with Gasteiger partial charge in [-0.2, -0.15) is 0 Å². The van der Waals surface area contributed by atoms with Gasteiger partial charge >= 0.3 is 0 Å². The first-order valence-corrected chi connectivity index (χ1v) is 12.0. The van der Waals surface area contributed by atoms with E-state index in [9.17, 15) is 19.7 Å². The number of thiocarbonyl (C=S) groups is 1. The molecular formula is C24H18N6O4S2. The Morgan fingerprint density at radius 3 is 2.47 bits per heavy atom. The zero-order valence-electron chi connectivity index (χ0n) is 19.0. The van der Waals surface area contributed by atoms with Crippen molar-refractivity contribution >= 4 is 51.5 Å². The second kappa shape index (κ2) is 8.98. The number of non-ortho nitro benzene ring substituents is 1. The number of hydrogen-bond donors (Lipinski definition) is 1. The van der Waals surface area contributed by atoms with Crippen molar-refractivity contribution in [1.82, 2.24) is 19.7 Å². The lowest BCUT2D eigenvalue weighted by atomic mass is 10.2. The zero-order chi connectivity index (χ0) is 25.6. The molecule has 12 heteroatoms. The summed E-state index contributed by atoms with van der Waals surface area (Å²) in [5.41, 5.74) is 2.91. The molecule has 5 rings (SSSR count). The molecule has 1 aliphatic heterocycles. The van der Waals surface area contributed by atoms with Crippen molar-refractivity contribution in [3.05, 3.63) is 97.4 Å². The Morgan fingerprint density at radius 1 is 1.11 bits per heavy atom. The van der Waals surface area contributed by atoms with Crippen LogP contribution in [-0.2, 0) is 11.8 Å². The molecule has 1 saturated heterocycles. The fourth-order valence-electron chi connectivity index (χ4n) is 3.91. The van der Waals surface area contributed by atoms with E-state index in [1.165, 1.54) is 28.4 Å². The molecule has 2 aromatic carbocycles. The maximum absolute atomic E-state index is 13.3. The number of carbonyl (C=O) groups is 1. The second-order valence-electron chi connectivity index (χ2n) is 7.93. The Kier molecular flexibility index (Phi) is 5.82. The van der Waals surface area contributed by atoms with Crippen LogP contribution in [-0.4, -0.2) is 30.3 Å². The van der Waals surface area contributed by atoms with Crippen LogP contribution < -0.4 is 15.8 Å². The first-order valence-electron chi connectivity index (χ1n) is 10.7. The molecule has 0 aliphatic carbocycles. The number of thiazole rings is 1. The largest absolute Gasteiger partial charge is 0.327 e. The zero-order valence-corrected chi connectivity index (χ0v) is 20.7. The first-order chi connectivity index (χ1) is 17.3. The molecule has 0 atom stereocenters. The maximum atomic E-state index is 13.3. The summed E-state index contributed by atoms with van der Waals surface area (Å²) in [6.07, 6.45) is 1.56. The summed E-state index contributed by atoms with van der Waals surface area (Å²) in [6.45, 7) is 1.84. The second-order valence-corrected chi connectivity index (χ2v) is 9.15. The number of nitrogens with zero attached hydrogens (tertiary/aromatic N) is 5. The molecule has 0 spiro atoms. The van der Waals surface area contributed by atoms with Crippen molar-refractivity contribution in [2.24, 2.45) is 7.05 Å². The van der Waals surface area contributed by atoms with Crippen LogP contribution in [0.4, 0.5) is 10.8 Å². The highest BCUT2D eigenvalue weighted by molar-refractivity contribution is 7.80. The van der Waals surface area contributed by atoms with Crippen LogP contribution in [0, 0.1) is 17.0 Å². The third-order valence-electron chi connectivity index (χ3n) is 5.79. The van der Waals surface area contributed by atoms with Gasteiger partial charge < -0.3 is 5.32 Å². The van der Waals surface area contributed by atoms with E-state index >= 15 is 0 Å². The van der Waals surface area contributed by atoms with E-state index in [0.29, 0.717) is 22.0 Å². The Balaban J connectivity index is 1.46. The van der Waals surface area contributed by atoms with Crippen LogP contribution in [0.1, 0.15) is 11.3 Å². The fourth-order valence-corrected chi connectivity index (χ4v) is 5.07. The smallest absolute Gasteiger partial charge is 0.282 e. The molecular weight excluding hydrogens is 500 g/mol.